The van der Waals surface area contributed by atoms with E-state index in [0.717, 1.165) is 28.3 Å². The summed E-state index contributed by atoms with van der Waals surface area (Å²) in [5.41, 5.74) is 3.80. The largest absolute Gasteiger partial charge is 0.348 e. The molecule has 0 fully saturated rings. The average Bonchev–Trinajstić information content (AvgIpc) is 3.37. The third kappa shape index (κ3) is 5.06. The number of fused-ring (bicyclic) bond motifs is 1. The van der Waals surface area contributed by atoms with E-state index in [1.54, 1.807) is 36.9 Å². The molecule has 34 heavy (non-hydrogen) atoms. The molecule has 0 aliphatic carbocycles. The zero-order valence-corrected chi connectivity index (χ0v) is 19.5. The molecule has 4 heterocycles. The topological polar surface area (TPSA) is 95.1 Å². The van der Waals surface area contributed by atoms with E-state index in [1.807, 2.05) is 42.5 Å². The summed E-state index contributed by atoms with van der Waals surface area (Å²) in [7, 11) is -3.63. The lowest BCUT2D eigenvalue weighted by molar-refractivity contribution is 0.239. The quantitative estimate of drug-likeness (QED) is 0.422. The monoisotopic (exact) mass is 474 g/mol. The van der Waals surface area contributed by atoms with Crippen molar-refractivity contribution in [3.05, 3.63) is 108 Å². The maximum Gasteiger partial charge on any atom is 0.243 e. The van der Waals surface area contributed by atoms with E-state index in [-0.39, 0.29) is 0 Å². The molecule has 0 bridgehead atoms. The van der Waals surface area contributed by atoms with Crippen LogP contribution >= 0.6 is 0 Å². The van der Waals surface area contributed by atoms with Gasteiger partial charge >= 0.3 is 0 Å². The van der Waals surface area contributed by atoms with Gasteiger partial charge in [-0.05, 0) is 47.9 Å². The summed E-state index contributed by atoms with van der Waals surface area (Å²) in [6.45, 7) is 2.52. The highest BCUT2D eigenvalue weighted by molar-refractivity contribution is 7.89. The van der Waals surface area contributed by atoms with Crippen molar-refractivity contribution in [2.75, 3.05) is 6.54 Å². The number of imidazole rings is 1. The van der Waals surface area contributed by atoms with Crippen LogP contribution in [0.3, 0.4) is 0 Å². The Kier molecular flexibility index (Phi) is 6.48. The minimum absolute atomic E-state index is 0.299. The normalized spacial score (nSPS) is 14.3. The standard InChI is InChI=1S/C25H26N6O2S/c32-34(33,31-14-9-21-6-4-11-27-24(21)18-31)23-8-3-5-20(15-23)16-30(19-25-28-12-13-29-25)17-22-7-1-2-10-26-22/h1-8,10-13,15H,9,14,16-19H2,(H,28,29). The van der Waals surface area contributed by atoms with Crippen LogP contribution in [0.1, 0.15) is 28.3 Å². The predicted octanol–water partition coefficient (Wildman–Crippen LogP) is 3.15. The third-order valence-corrected chi connectivity index (χ3v) is 7.76. The van der Waals surface area contributed by atoms with Gasteiger partial charge < -0.3 is 4.98 Å². The Morgan fingerprint density at radius 1 is 0.912 bits per heavy atom. The molecule has 0 unspecified atom stereocenters. The Hall–Kier alpha value is -3.40. The maximum atomic E-state index is 13.4. The van der Waals surface area contributed by atoms with Gasteiger partial charge in [-0.2, -0.15) is 4.31 Å². The summed E-state index contributed by atoms with van der Waals surface area (Å²) in [6, 6.07) is 17.0. The van der Waals surface area contributed by atoms with Crippen LogP contribution < -0.4 is 0 Å². The minimum atomic E-state index is -3.63. The second-order valence-electron chi connectivity index (χ2n) is 8.35. The zero-order chi connectivity index (χ0) is 23.4. The lowest BCUT2D eigenvalue weighted by Crippen LogP contribution is -2.36. The second kappa shape index (κ2) is 9.84. The van der Waals surface area contributed by atoms with E-state index in [2.05, 4.69) is 24.8 Å². The molecule has 0 atom stereocenters. The number of H-pyrrole nitrogens is 1. The minimum Gasteiger partial charge on any atom is -0.348 e. The average molecular weight is 475 g/mol. The number of benzene rings is 1. The molecule has 1 aliphatic heterocycles. The molecular formula is C25H26N6O2S. The smallest absolute Gasteiger partial charge is 0.243 e. The van der Waals surface area contributed by atoms with Crippen molar-refractivity contribution >= 4 is 10.0 Å². The third-order valence-electron chi connectivity index (χ3n) is 5.92. The van der Waals surface area contributed by atoms with Crippen LogP contribution in [0.5, 0.6) is 0 Å². The van der Waals surface area contributed by atoms with Crippen molar-refractivity contribution in [2.24, 2.45) is 0 Å². The van der Waals surface area contributed by atoms with Crippen molar-refractivity contribution in [2.45, 2.75) is 37.5 Å². The summed E-state index contributed by atoms with van der Waals surface area (Å²) in [5, 5.41) is 0. The molecular weight excluding hydrogens is 448 g/mol. The van der Waals surface area contributed by atoms with Crippen molar-refractivity contribution < 1.29 is 8.42 Å². The van der Waals surface area contributed by atoms with Gasteiger partial charge in [0, 0.05) is 44.4 Å². The first-order valence-electron chi connectivity index (χ1n) is 11.2. The van der Waals surface area contributed by atoms with E-state index >= 15 is 0 Å². The lowest BCUT2D eigenvalue weighted by Gasteiger charge is -2.27. The van der Waals surface area contributed by atoms with Gasteiger partial charge in [-0.15, -0.1) is 0 Å². The van der Waals surface area contributed by atoms with Crippen molar-refractivity contribution in [3.8, 4) is 0 Å². The molecule has 4 aromatic rings. The molecule has 8 nitrogen and oxygen atoms in total. The number of sulfonamides is 1. The van der Waals surface area contributed by atoms with Gasteiger partial charge in [-0.3, -0.25) is 14.9 Å². The van der Waals surface area contributed by atoms with Crippen LogP contribution in [0.2, 0.25) is 0 Å². The van der Waals surface area contributed by atoms with E-state index in [4.69, 9.17) is 0 Å². The number of nitrogens with zero attached hydrogens (tertiary/aromatic N) is 5. The van der Waals surface area contributed by atoms with Crippen LogP contribution in [0.25, 0.3) is 0 Å². The van der Waals surface area contributed by atoms with Gasteiger partial charge in [0.05, 0.1) is 29.4 Å². The number of pyridine rings is 2. The number of aromatic nitrogens is 4. The van der Waals surface area contributed by atoms with Crippen LogP contribution in [0, 0.1) is 0 Å². The molecule has 0 saturated heterocycles. The molecule has 0 radical (unpaired) electrons. The highest BCUT2D eigenvalue weighted by Crippen LogP contribution is 2.25. The van der Waals surface area contributed by atoms with Gasteiger partial charge in [-0.25, -0.2) is 13.4 Å². The Labute approximate surface area is 199 Å². The molecule has 0 saturated carbocycles. The van der Waals surface area contributed by atoms with E-state index in [0.29, 0.717) is 44.0 Å². The Bertz CT molecular complexity index is 1340. The molecule has 1 N–H and O–H groups in total. The van der Waals surface area contributed by atoms with Crippen LogP contribution in [0.4, 0.5) is 0 Å². The predicted molar refractivity (Wildman–Crippen MR) is 128 cm³/mol. The molecule has 1 aliphatic rings. The highest BCUT2D eigenvalue weighted by Gasteiger charge is 2.29. The van der Waals surface area contributed by atoms with Crippen LogP contribution in [-0.2, 0) is 42.6 Å². The maximum absolute atomic E-state index is 13.4. The summed E-state index contributed by atoms with van der Waals surface area (Å²) in [6.07, 6.45) is 7.69. The van der Waals surface area contributed by atoms with Gasteiger partial charge in [0.25, 0.3) is 0 Å². The van der Waals surface area contributed by atoms with Gasteiger partial charge in [0.2, 0.25) is 10.0 Å². The van der Waals surface area contributed by atoms with Crippen LogP contribution in [0.15, 0.2) is 84.3 Å². The van der Waals surface area contributed by atoms with E-state index in [9.17, 15) is 8.42 Å². The highest BCUT2D eigenvalue weighted by atomic mass is 32.2. The van der Waals surface area contributed by atoms with Gasteiger partial charge in [-0.1, -0.05) is 24.3 Å². The Morgan fingerprint density at radius 2 is 1.82 bits per heavy atom. The summed E-state index contributed by atoms with van der Waals surface area (Å²) < 4.78 is 28.4. The first-order chi connectivity index (χ1) is 16.6. The Balaban J connectivity index is 1.36. The fourth-order valence-electron chi connectivity index (χ4n) is 4.23. The molecule has 174 valence electrons. The van der Waals surface area contributed by atoms with Crippen molar-refractivity contribution in [1.29, 1.82) is 0 Å². The number of rotatable bonds is 8. The van der Waals surface area contributed by atoms with Gasteiger partial charge in [0.15, 0.2) is 0 Å². The molecule has 9 heteroatoms. The molecule has 1 aromatic carbocycles. The zero-order valence-electron chi connectivity index (χ0n) is 18.7. The van der Waals surface area contributed by atoms with E-state index < -0.39 is 10.0 Å². The van der Waals surface area contributed by atoms with E-state index in [1.165, 1.54) is 4.31 Å². The fourth-order valence-corrected chi connectivity index (χ4v) is 5.71. The number of hydrogen-bond donors (Lipinski definition) is 1. The lowest BCUT2D eigenvalue weighted by atomic mass is 10.1. The molecule has 5 rings (SSSR count). The van der Waals surface area contributed by atoms with Gasteiger partial charge in [0.1, 0.15) is 5.82 Å². The molecule has 0 spiro atoms. The summed E-state index contributed by atoms with van der Waals surface area (Å²) in [4.78, 5) is 18.8. The first kappa shape index (κ1) is 22.4. The van der Waals surface area contributed by atoms with Crippen molar-refractivity contribution in [3.63, 3.8) is 0 Å². The number of aromatic amines is 1. The fraction of sp³-hybridized carbons (Fsp3) is 0.240. The number of hydrogen-bond acceptors (Lipinski definition) is 6. The summed E-state index contributed by atoms with van der Waals surface area (Å²) >= 11 is 0. The SMILES string of the molecule is O=S(=O)(c1cccc(CN(Cc2ccccn2)Cc2ncc[nH]2)c1)N1CCc2cccnc2C1. The second-order valence-corrected chi connectivity index (χ2v) is 10.3. The van der Waals surface area contributed by atoms with Crippen LogP contribution in [-0.4, -0.2) is 44.1 Å². The molecule has 3 aromatic heterocycles. The first-order valence-corrected chi connectivity index (χ1v) is 12.6. The number of nitrogens with one attached hydrogen (secondary N) is 1. The Morgan fingerprint density at radius 3 is 2.65 bits per heavy atom. The summed E-state index contributed by atoms with van der Waals surface area (Å²) in [5.74, 6) is 0.846. The molecule has 0 amide bonds. The van der Waals surface area contributed by atoms with Crippen molar-refractivity contribution in [1.82, 2.24) is 29.1 Å².